The third-order valence-electron chi connectivity index (χ3n) is 5.06. The van der Waals surface area contributed by atoms with Crippen molar-refractivity contribution < 1.29 is 4.92 Å². The summed E-state index contributed by atoms with van der Waals surface area (Å²) in [5, 5.41) is 11.9. The predicted octanol–water partition coefficient (Wildman–Crippen LogP) is 3.73. The molecule has 0 saturated heterocycles. The van der Waals surface area contributed by atoms with Crippen LogP contribution >= 0.6 is 11.8 Å². The lowest BCUT2D eigenvalue weighted by molar-refractivity contribution is -0.384. The van der Waals surface area contributed by atoms with Crippen LogP contribution in [0.25, 0.3) is 11.0 Å². The molecule has 166 valence electrons. The van der Waals surface area contributed by atoms with E-state index in [0.717, 1.165) is 49.9 Å². The van der Waals surface area contributed by atoms with Gasteiger partial charge < -0.3 is 4.57 Å². The van der Waals surface area contributed by atoms with Crippen LogP contribution in [0.1, 0.15) is 27.7 Å². The molecule has 0 fully saturated rings. The van der Waals surface area contributed by atoms with Crippen molar-refractivity contribution in [3.8, 4) is 23.7 Å². The van der Waals surface area contributed by atoms with Gasteiger partial charge in [0, 0.05) is 12.1 Å². The third kappa shape index (κ3) is 7.29. The van der Waals surface area contributed by atoms with E-state index in [1.54, 1.807) is 6.07 Å². The van der Waals surface area contributed by atoms with Gasteiger partial charge in [0.25, 0.3) is 5.69 Å². The summed E-state index contributed by atoms with van der Waals surface area (Å²) in [4.78, 5) is 19.9. The third-order valence-corrected chi connectivity index (χ3v) is 5.92. The van der Waals surface area contributed by atoms with Gasteiger partial charge in [0.15, 0.2) is 5.16 Å². The van der Waals surface area contributed by atoms with Gasteiger partial charge in [-0.25, -0.2) is 4.98 Å². The Kier molecular flexibility index (Phi) is 10.4. The Labute approximate surface area is 189 Å². The molecule has 0 bridgehead atoms. The maximum absolute atomic E-state index is 11.1. The van der Waals surface area contributed by atoms with Crippen LogP contribution in [0.5, 0.6) is 0 Å². The molecule has 8 heteroatoms. The number of hydrogen-bond acceptors (Lipinski definition) is 6. The minimum absolute atomic E-state index is 0.0420. The Bertz CT molecular complexity index is 988. The molecule has 0 spiro atoms. The first kappa shape index (κ1) is 24.7. The van der Waals surface area contributed by atoms with E-state index in [9.17, 15) is 10.1 Å². The molecular weight excluding hydrogens is 410 g/mol. The van der Waals surface area contributed by atoms with Crippen LogP contribution in [-0.4, -0.2) is 69.3 Å². The lowest BCUT2D eigenvalue weighted by Crippen LogP contribution is -2.22. The molecular formula is C23H31N5O2S. The highest BCUT2D eigenvalue weighted by Gasteiger charge is 2.14. The van der Waals surface area contributed by atoms with Crippen molar-refractivity contribution in [2.45, 2.75) is 39.4 Å². The van der Waals surface area contributed by atoms with E-state index in [1.807, 2.05) is 4.57 Å². The summed E-state index contributed by atoms with van der Waals surface area (Å²) in [6.07, 6.45) is 0. The SMILES string of the molecule is CCN(CC)CC#CCSc1nc2cc([N+](=O)[O-])ccc2n1CC#CCN(CC)CC. The van der Waals surface area contributed by atoms with E-state index in [-0.39, 0.29) is 5.69 Å². The Morgan fingerprint density at radius 3 is 2.19 bits per heavy atom. The second-order valence-electron chi connectivity index (χ2n) is 6.83. The van der Waals surface area contributed by atoms with Gasteiger partial charge in [-0.05, 0) is 32.2 Å². The Hall–Kier alpha value is -2.52. The van der Waals surface area contributed by atoms with Crippen molar-refractivity contribution in [1.29, 1.82) is 0 Å². The topological polar surface area (TPSA) is 67.4 Å². The molecule has 2 aromatic rings. The fraction of sp³-hybridized carbons (Fsp3) is 0.522. The highest BCUT2D eigenvalue weighted by Crippen LogP contribution is 2.26. The number of fused-ring (bicyclic) bond motifs is 1. The van der Waals surface area contributed by atoms with E-state index in [4.69, 9.17) is 0 Å². The number of benzene rings is 1. The first-order valence-corrected chi connectivity index (χ1v) is 11.7. The van der Waals surface area contributed by atoms with Gasteiger partial charge in [-0.3, -0.25) is 19.9 Å². The summed E-state index contributed by atoms with van der Waals surface area (Å²) >= 11 is 1.54. The molecule has 0 radical (unpaired) electrons. The number of rotatable bonds is 10. The number of nitro benzene ring substituents is 1. The molecule has 0 aliphatic rings. The van der Waals surface area contributed by atoms with Gasteiger partial charge in [-0.15, -0.1) is 0 Å². The number of thioether (sulfide) groups is 1. The molecule has 1 heterocycles. The monoisotopic (exact) mass is 441 g/mol. The Morgan fingerprint density at radius 1 is 1.00 bits per heavy atom. The molecule has 0 unspecified atom stereocenters. The highest BCUT2D eigenvalue weighted by molar-refractivity contribution is 7.99. The first-order chi connectivity index (χ1) is 15.0. The Morgan fingerprint density at radius 2 is 1.61 bits per heavy atom. The average molecular weight is 442 g/mol. The van der Waals surface area contributed by atoms with Crippen LogP contribution < -0.4 is 0 Å². The van der Waals surface area contributed by atoms with Crippen molar-refractivity contribution >= 4 is 28.5 Å². The molecule has 0 saturated carbocycles. The quantitative estimate of drug-likeness (QED) is 0.242. The van der Waals surface area contributed by atoms with Gasteiger partial charge in [0.05, 0.1) is 41.3 Å². The number of nitrogens with zero attached hydrogens (tertiary/aromatic N) is 5. The maximum Gasteiger partial charge on any atom is 0.271 e. The van der Waals surface area contributed by atoms with Crippen molar-refractivity contribution in [3.05, 3.63) is 28.3 Å². The Balaban J connectivity index is 2.20. The van der Waals surface area contributed by atoms with Crippen molar-refractivity contribution in [3.63, 3.8) is 0 Å². The largest absolute Gasteiger partial charge is 0.307 e. The zero-order valence-corrected chi connectivity index (χ0v) is 19.7. The minimum atomic E-state index is -0.395. The first-order valence-electron chi connectivity index (χ1n) is 10.7. The van der Waals surface area contributed by atoms with Crippen LogP contribution in [0.3, 0.4) is 0 Å². The summed E-state index contributed by atoms with van der Waals surface area (Å²) in [6, 6.07) is 4.79. The van der Waals surface area contributed by atoms with Crippen molar-refractivity contribution in [2.24, 2.45) is 0 Å². The molecule has 1 aromatic carbocycles. The van der Waals surface area contributed by atoms with Gasteiger partial charge in [-0.2, -0.15) is 0 Å². The number of non-ortho nitro benzene ring substituents is 1. The van der Waals surface area contributed by atoms with Crippen molar-refractivity contribution in [2.75, 3.05) is 45.0 Å². The molecule has 1 aromatic heterocycles. The number of hydrogen-bond donors (Lipinski definition) is 0. The van der Waals surface area contributed by atoms with Gasteiger partial charge >= 0.3 is 0 Å². The summed E-state index contributed by atoms with van der Waals surface area (Å²) in [6.45, 7) is 14.4. The standard InChI is InChI=1S/C23H31N5O2S/c1-5-25(6-2)15-9-10-17-27-22-14-13-20(28(29)30)19-21(22)24-23(27)31-18-12-11-16-26(7-3)8-4/h13-14,19H,5-8,15-18H2,1-4H3. The second kappa shape index (κ2) is 13.0. The van der Waals surface area contributed by atoms with Crippen LogP contribution in [0, 0.1) is 33.8 Å². The van der Waals surface area contributed by atoms with Crippen LogP contribution in [-0.2, 0) is 6.54 Å². The zero-order valence-electron chi connectivity index (χ0n) is 18.8. The van der Waals surface area contributed by atoms with Crippen LogP contribution in [0.4, 0.5) is 5.69 Å². The van der Waals surface area contributed by atoms with Gasteiger partial charge in [0.2, 0.25) is 0 Å². The molecule has 0 aliphatic heterocycles. The summed E-state index contributed by atoms with van der Waals surface area (Å²) < 4.78 is 2.02. The van der Waals surface area contributed by atoms with Gasteiger partial charge in [-0.1, -0.05) is 63.1 Å². The van der Waals surface area contributed by atoms with E-state index < -0.39 is 4.92 Å². The average Bonchev–Trinajstić information content (AvgIpc) is 3.12. The molecule has 2 rings (SSSR count). The fourth-order valence-corrected chi connectivity index (χ4v) is 3.77. The molecule has 31 heavy (non-hydrogen) atoms. The molecule has 0 atom stereocenters. The summed E-state index contributed by atoms with van der Waals surface area (Å²) in [7, 11) is 0. The highest BCUT2D eigenvalue weighted by atomic mass is 32.2. The lowest BCUT2D eigenvalue weighted by Gasteiger charge is -2.13. The summed E-state index contributed by atoms with van der Waals surface area (Å²) in [5.74, 6) is 13.5. The molecule has 0 aliphatic carbocycles. The summed E-state index contributed by atoms with van der Waals surface area (Å²) in [5.41, 5.74) is 1.50. The minimum Gasteiger partial charge on any atom is -0.307 e. The van der Waals surface area contributed by atoms with E-state index in [0.29, 0.717) is 17.8 Å². The van der Waals surface area contributed by atoms with Crippen molar-refractivity contribution in [1.82, 2.24) is 19.4 Å². The van der Waals surface area contributed by atoms with Crippen LogP contribution in [0.15, 0.2) is 23.4 Å². The van der Waals surface area contributed by atoms with E-state index >= 15 is 0 Å². The number of imidazole rings is 1. The lowest BCUT2D eigenvalue weighted by atomic mass is 10.3. The van der Waals surface area contributed by atoms with Gasteiger partial charge in [0.1, 0.15) is 0 Å². The molecule has 0 N–H and O–H groups in total. The van der Waals surface area contributed by atoms with E-state index in [1.165, 1.54) is 23.9 Å². The fourth-order valence-electron chi connectivity index (χ4n) is 2.99. The maximum atomic E-state index is 11.1. The smallest absolute Gasteiger partial charge is 0.271 e. The van der Waals surface area contributed by atoms with Crippen LogP contribution in [0.2, 0.25) is 0 Å². The molecule has 0 amide bonds. The zero-order chi connectivity index (χ0) is 22.6. The molecule has 7 nitrogen and oxygen atoms in total. The second-order valence-corrected chi connectivity index (χ2v) is 7.77. The number of aromatic nitrogens is 2. The van der Waals surface area contributed by atoms with E-state index in [2.05, 4.69) is 66.2 Å². The number of nitro groups is 1. The normalized spacial score (nSPS) is 10.8. The predicted molar refractivity (Wildman–Crippen MR) is 128 cm³/mol.